The Balaban J connectivity index is 2.59. The van der Waals surface area contributed by atoms with Crippen molar-refractivity contribution < 1.29 is 14.0 Å². The highest BCUT2D eigenvalue weighted by molar-refractivity contribution is 9.10. The summed E-state index contributed by atoms with van der Waals surface area (Å²) < 4.78 is 13.5. The van der Waals surface area contributed by atoms with Crippen LogP contribution in [0, 0.1) is 18.7 Å². The van der Waals surface area contributed by atoms with E-state index in [0.717, 1.165) is 0 Å². The van der Waals surface area contributed by atoms with Crippen LogP contribution in [0.15, 0.2) is 16.6 Å². The second kappa shape index (κ2) is 7.51. The molecule has 2 amide bonds. The number of nitrogens with one attached hydrogen (secondary N) is 2. The van der Waals surface area contributed by atoms with E-state index in [-0.39, 0.29) is 22.8 Å². The van der Waals surface area contributed by atoms with Gasteiger partial charge in [-0.3, -0.25) is 9.59 Å². The minimum Gasteiger partial charge on any atom is -0.346 e. The Bertz CT molecular complexity index is 549. The summed E-state index contributed by atoms with van der Waals surface area (Å²) in [7, 11) is 0. The fourth-order valence-electron chi connectivity index (χ4n) is 1.56. The second-order valence-electron chi connectivity index (χ2n) is 5.12. The molecule has 7 heteroatoms. The van der Waals surface area contributed by atoms with Gasteiger partial charge in [0.1, 0.15) is 5.82 Å². The average Bonchev–Trinajstić information content (AvgIpc) is 2.41. The van der Waals surface area contributed by atoms with Gasteiger partial charge in [-0.15, -0.1) is 0 Å². The van der Waals surface area contributed by atoms with E-state index >= 15 is 0 Å². The summed E-state index contributed by atoms with van der Waals surface area (Å²) in [6, 6.07) is 2.14. The molecule has 0 unspecified atom stereocenters. The van der Waals surface area contributed by atoms with Crippen LogP contribution < -0.4 is 16.4 Å². The van der Waals surface area contributed by atoms with Crippen molar-refractivity contribution in [2.75, 3.05) is 11.9 Å². The third-order valence-electron chi connectivity index (χ3n) is 2.99. The van der Waals surface area contributed by atoms with Gasteiger partial charge in [-0.1, -0.05) is 13.8 Å². The summed E-state index contributed by atoms with van der Waals surface area (Å²) in [5, 5.41) is 5.08. The molecule has 1 rings (SSSR count). The normalized spacial score (nSPS) is 12.1. The number of carbonyl (C=O) groups is 2. The van der Waals surface area contributed by atoms with Crippen molar-refractivity contribution in [3.63, 3.8) is 0 Å². The van der Waals surface area contributed by atoms with Crippen molar-refractivity contribution in [1.82, 2.24) is 5.32 Å². The van der Waals surface area contributed by atoms with Crippen LogP contribution in [-0.2, 0) is 9.59 Å². The summed E-state index contributed by atoms with van der Waals surface area (Å²) >= 11 is 3.05. The Morgan fingerprint density at radius 1 is 1.38 bits per heavy atom. The molecule has 0 spiro atoms. The largest absolute Gasteiger partial charge is 0.346 e. The van der Waals surface area contributed by atoms with Crippen molar-refractivity contribution in [3.8, 4) is 0 Å². The predicted octanol–water partition coefficient (Wildman–Crippen LogP) is 1.93. The Morgan fingerprint density at radius 3 is 2.57 bits per heavy atom. The van der Waals surface area contributed by atoms with Gasteiger partial charge in [-0.25, -0.2) is 4.39 Å². The fraction of sp³-hybridized carbons (Fsp3) is 0.429. The molecule has 0 fully saturated rings. The lowest BCUT2D eigenvalue weighted by Crippen LogP contribution is -2.46. The lowest BCUT2D eigenvalue weighted by molar-refractivity contribution is -0.125. The van der Waals surface area contributed by atoms with Crippen molar-refractivity contribution >= 4 is 33.4 Å². The molecule has 1 aromatic carbocycles. The molecule has 1 aromatic rings. The molecule has 0 aliphatic heterocycles. The maximum absolute atomic E-state index is 13.3. The highest BCUT2D eigenvalue weighted by atomic mass is 79.9. The maximum Gasteiger partial charge on any atom is 0.243 e. The molecule has 5 nitrogen and oxygen atoms in total. The molecule has 0 bridgehead atoms. The quantitative estimate of drug-likeness (QED) is 0.750. The van der Waals surface area contributed by atoms with E-state index in [1.807, 2.05) is 13.8 Å². The van der Waals surface area contributed by atoms with Gasteiger partial charge in [-0.2, -0.15) is 0 Å². The predicted molar refractivity (Wildman–Crippen MR) is 83.3 cm³/mol. The number of hydrogen-bond acceptors (Lipinski definition) is 3. The van der Waals surface area contributed by atoms with Gasteiger partial charge in [0, 0.05) is 5.69 Å². The van der Waals surface area contributed by atoms with Crippen LogP contribution in [0.25, 0.3) is 0 Å². The Kier molecular flexibility index (Phi) is 6.29. The van der Waals surface area contributed by atoms with Gasteiger partial charge in [0.15, 0.2) is 0 Å². The van der Waals surface area contributed by atoms with Crippen LogP contribution >= 0.6 is 15.9 Å². The van der Waals surface area contributed by atoms with E-state index in [4.69, 9.17) is 5.73 Å². The van der Waals surface area contributed by atoms with E-state index in [9.17, 15) is 14.0 Å². The third kappa shape index (κ3) is 5.09. The van der Waals surface area contributed by atoms with Crippen LogP contribution in [0.1, 0.15) is 19.4 Å². The number of aryl methyl sites for hydroxylation is 1. The molecule has 0 aliphatic carbocycles. The van der Waals surface area contributed by atoms with Gasteiger partial charge in [0.2, 0.25) is 11.8 Å². The topological polar surface area (TPSA) is 84.2 Å². The van der Waals surface area contributed by atoms with Crippen molar-refractivity contribution in [2.45, 2.75) is 26.8 Å². The number of anilines is 1. The van der Waals surface area contributed by atoms with Crippen molar-refractivity contribution in [1.29, 1.82) is 0 Å². The van der Waals surface area contributed by atoms with E-state index in [2.05, 4.69) is 26.6 Å². The standard InChI is InChI=1S/C14H19BrFN3O2/c1-7(2)13(17)14(21)18-6-12(20)19-11-5-9(15)10(16)4-8(11)3/h4-5,7,13H,6,17H2,1-3H3,(H,18,21)(H,19,20)/t13-/m0/s1. The van der Waals surface area contributed by atoms with Gasteiger partial charge in [0.25, 0.3) is 0 Å². The minimum absolute atomic E-state index is 0.0108. The summed E-state index contributed by atoms with van der Waals surface area (Å²) in [4.78, 5) is 23.4. The molecule has 0 heterocycles. The van der Waals surface area contributed by atoms with Gasteiger partial charge in [-0.05, 0) is 46.5 Å². The minimum atomic E-state index is -0.653. The second-order valence-corrected chi connectivity index (χ2v) is 5.97. The SMILES string of the molecule is Cc1cc(F)c(Br)cc1NC(=O)CNC(=O)[C@@H](N)C(C)C. The lowest BCUT2D eigenvalue weighted by atomic mass is 10.1. The first-order chi connectivity index (χ1) is 9.72. The number of hydrogen-bond donors (Lipinski definition) is 3. The zero-order valence-electron chi connectivity index (χ0n) is 12.2. The Morgan fingerprint density at radius 2 is 2.00 bits per heavy atom. The lowest BCUT2D eigenvalue weighted by Gasteiger charge is -2.15. The maximum atomic E-state index is 13.3. The third-order valence-corrected chi connectivity index (χ3v) is 3.59. The molecule has 0 saturated carbocycles. The molecule has 0 radical (unpaired) electrons. The molecule has 21 heavy (non-hydrogen) atoms. The zero-order chi connectivity index (χ0) is 16.2. The van der Waals surface area contributed by atoms with E-state index in [1.54, 1.807) is 6.92 Å². The molecular formula is C14H19BrFN3O2. The summed E-state index contributed by atoms with van der Waals surface area (Å²) in [5.74, 6) is -1.19. The van der Waals surface area contributed by atoms with Gasteiger partial charge < -0.3 is 16.4 Å². The molecule has 0 saturated heterocycles. The smallest absolute Gasteiger partial charge is 0.243 e. The number of benzene rings is 1. The van der Waals surface area contributed by atoms with Crippen molar-refractivity contribution in [2.24, 2.45) is 11.7 Å². The number of carbonyl (C=O) groups excluding carboxylic acids is 2. The number of nitrogens with two attached hydrogens (primary N) is 1. The highest BCUT2D eigenvalue weighted by Gasteiger charge is 2.17. The monoisotopic (exact) mass is 359 g/mol. The Labute approximate surface area is 131 Å². The average molecular weight is 360 g/mol. The molecule has 116 valence electrons. The number of rotatable bonds is 5. The summed E-state index contributed by atoms with van der Waals surface area (Å²) in [6.45, 7) is 5.14. The Hall–Kier alpha value is -1.47. The van der Waals surface area contributed by atoms with Crippen LogP contribution in [0.3, 0.4) is 0 Å². The molecule has 0 aliphatic rings. The first-order valence-corrected chi connectivity index (χ1v) is 7.30. The van der Waals surface area contributed by atoms with Crippen LogP contribution in [-0.4, -0.2) is 24.4 Å². The van der Waals surface area contributed by atoms with Gasteiger partial charge >= 0.3 is 0 Å². The first-order valence-electron chi connectivity index (χ1n) is 6.51. The number of halogens is 2. The molecule has 1 atom stereocenters. The van der Waals surface area contributed by atoms with E-state index < -0.39 is 17.8 Å². The molecular weight excluding hydrogens is 341 g/mol. The molecule has 0 aromatic heterocycles. The van der Waals surface area contributed by atoms with Crippen LogP contribution in [0.4, 0.5) is 10.1 Å². The molecule has 4 N–H and O–H groups in total. The first kappa shape index (κ1) is 17.6. The highest BCUT2D eigenvalue weighted by Crippen LogP contribution is 2.24. The fourth-order valence-corrected chi connectivity index (χ4v) is 1.91. The van der Waals surface area contributed by atoms with E-state index in [1.165, 1.54) is 12.1 Å². The summed E-state index contributed by atoms with van der Waals surface area (Å²) in [6.07, 6.45) is 0. The van der Waals surface area contributed by atoms with Crippen LogP contribution in [0.2, 0.25) is 0 Å². The van der Waals surface area contributed by atoms with Crippen LogP contribution in [0.5, 0.6) is 0 Å². The summed E-state index contributed by atoms with van der Waals surface area (Å²) in [5.41, 5.74) is 6.74. The van der Waals surface area contributed by atoms with Crippen molar-refractivity contribution in [3.05, 3.63) is 28.0 Å². The zero-order valence-corrected chi connectivity index (χ0v) is 13.8. The van der Waals surface area contributed by atoms with E-state index in [0.29, 0.717) is 11.3 Å². The number of amides is 2. The van der Waals surface area contributed by atoms with Gasteiger partial charge in [0.05, 0.1) is 17.1 Å².